The van der Waals surface area contributed by atoms with Crippen LogP contribution in [0.2, 0.25) is 0 Å². The second-order valence-corrected chi connectivity index (χ2v) is 6.69. The number of rotatable bonds is 9. The summed E-state index contributed by atoms with van der Waals surface area (Å²) in [5.41, 5.74) is 3.19. The summed E-state index contributed by atoms with van der Waals surface area (Å²) in [6.07, 6.45) is 3.77. The highest BCUT2D eigenvalue weighted by molar-refractivity contribution is 6.51. The minimum atomic E-state index is -0.0363. The van der Waals surface area contributed by atoms with Gasteiger partial charge in [-0.3, -0.25) is 14.6 Å². The number of aliphatic imine (C=N–C) groups is 1. The van der Waals surface area contributed by atoms with Gasteiger partial charge in [-0.15, -0.1) is 0 Å². The van der Waals surface area contributed by atoms with Gasteiger partial charge in [-0.2, -0.15) is 0 Å². The van der Waals surface area contributed by atoms with Crippen molar-refractivity contribution in [2.45, 2.75) is 39.0 Å². The lowest BCUT2D eigenvalue weighted by atomic mass is 9.92. The van der Waals surface area contributed by atoms with Crippen LogP contribution in [0.3, 0.4) is 0 Å². The van der Waals surface area contributed by atoms with Crippen LogP contribution in [0.1, 0.15) is 54.1 Å². The summed E-state index contributed by atoms with van der Waals surface area (Å²) in [4.78, 5) is 28.6. The largest absolute Gasteiger partial charge is 0.494 e. The van der Waals surface area contributed by atoms with Gasteiger partial charge in [0.1, 0.15) is 17.2 Å². The van der Waals surface area contributed by atoms with Crippen LogP contribution in [0.4, 0.5) is 0 Å². The molecule has 1 aliphatic rings. The number of hydrogen-bond acceptors (Lipinski definition) is 4. The van der Waals surface area contributed by atoms with E-state index in [0.29, 0.717) is 43.1 Å². The molecule has 0 N–H and O–H groups in total. The third-order valence-electron chi connectivity index (χ3n) is 4.75. The van der Waals surface area contributed by atoms with Crippen LogP contribution in [0.5, 0.6) is 5.75 Å². The number of fused-ring (bicyclic) bond motifs is 1. The summed E-state index contributed by atoms with van der Waals surface area (Å²) >= 11 is 0. The van der Waals surface area contributed by atoms with Crippen LogP contribution < -0.4 is 4.74 Å². The summed E-state index contributed by atoms with van der Waals surface area (Å²) in [7, 11) is 0. The van der Waals surface area contributed by atoms with Crippen molar-refractivity contribution < 1.29 is 14.3 Å². The van der Waals surface area contributed by atoms with Crippen LogP contribution in [0, 0.1) is 0 Å². The standard InChI is InChI=1S/C23H25NO3/c1-2-19(25)10-6-7-15-27-20-11-12-21-18(16-20)13-14-24-22(21)23(26)17-8-4-3-5-9-17/h3-5,8-9,11-12,16H,2,6-7,10,13-15H2,1H3. The molecule has 0 saturated carbocycles. The Morgan fingerprint density at radius 3 is 2.67 bits per heavy atom. The number of carbonyl (C=O) groups excluding carboxylic acids is 2. The van der Waals surface area contributed by atoms with Crippen molar-refractivity contribution in [2.24, 2.45) is 4.99 Å². The molecule has 0 bridgehead atoms. The van der Waals surface area contributed by atoms with E-state index in [9.17, 15) is 9.59 Å². The summed E-state index contributed by atoms with van der Waals surface area (Å²) in [6, 6.07) is 15.1. The number of ether oxygens (including phenoxy) is 1. The van der Waals surface area contributed by atoms with E-state index in [1.807, 2.05) is 55.5 Å². The molecule has 140 valence electrons. The molecule has 0 aliphatic carbocycles. The molecule has 0 radical (unpaired) electrons. The number of hydrogen-bond donors (Lipinski definition) is 0. The van der Waals surface area contributed by atoms with Crippen molar-refractivity contribution in [2.75, 3.05) is 13.2 Å². The first-order valence-corrected chi connectivity index (χ1v) is 9.61. The van der Waals surface area contributed by atoms with E-state index in [-0.39, 0.29) is 5.78 Å². The average molecular weight is 363 g/mol. The minimum Gasteiger partial charge on any atom is -0.494 e. The van der Waals surface area contributed by atoms with Gasteiger partial charge in [0.05, 0.1) is 6.61 Å². The predicted molar refractivity (Wildman–Crippen MR) is 107 cm³/mol. The van der Waals surface area contributed by atoms with Gasteiger partial charge in [0.2, 0.25) is 5.78 Å². The smallest absolute Gasteiger partial charge is 0.211 e. The summed E-state index contributed by atoms with van der Waals surface area (Å²) < 4.78 is 5.83. The lowest BCUT2D eigenvalue weighted by Crippen LogP contribution is -2.22. The molecule has 0 aromatic heterocycles. The molecule has 1 heterocycles. The van der Waals surface area contributed by atoms with E-state index in [1.54, 1.807) is 0 Å². The van der Waals surface area contributed by atoms with E-state index in [4.69, 9.17) is 4.74 Å². The molecule has 4 nitrogen and oxygen atoms in total. The first-order chi connectivity index (χ1) is 13.2. The summed E-state index contributed by atoms with van der Waals surface area (Å²) in [6.45, 7) is 3.11. The first-order valence-electron chi connectivity index (χ1n) is 9.61. The quantitative estimate of drug-likeness (QED) is 0.489. The Morgan fingerprint density at radius 2 is 1.89 bits per heavy atom. The van der Waals surface area contributed by atoms with Crippen molar-refractivity contribution in [3.05, 3.63) is 65.2 Å². The molecule has 3 rings (SSSR count). The van der Waals surface area contributed by atoms with Crippen molar-refractivity contribution in [3.63, 3.8) is 0 Å². The van der Waals surface area contributed by atoms with Crippen LogP contribution in [0.25, 0.3) is 0 Å². The molecular weight excluding hydrogens is 338 g/mol. The van der Waals surface area contributed by atoms with E-state index in [2.05, 4.69) is 4.99 Å². The Morgan fingerprint density at radius 1 is 1.07 bits per heavy atom. The molecular formula is C23H25NO3. The summed E-state index contributed by atoms with van der Waals surface area (Å²) in [5, 5.41) is 0. The summed E-state index contributed by atoms with van der Waals surface area (Å²) in [5.74, 6) is 1.08. The van der Waals surface area contributed by atoms with Crippen LogP contribution in [0.15, 0.2) is 53.5 Å². The zero-order valence-corrected chi connectivity index (χ0v) is 15.7. The number of nitrogens with zero attached hydrogens (tertiary/aromatic N) is 1. The van der Waals surface area contributed by atoms with Crippen LogP contribution in [-0.2, 0) is 11.2 Å². The van der Waals surface area contributed by atoms with Crippen molar-refractivity contribution >= 4 is 17.3 Å². The fourth-order valence-corrected chi connectivity index (χ4v) is 3.18. The average Bonchev–Trinajstić information content (AvgIpc) is 2.72. The molecule has 0 unspecified atom stereocenters. The molecule has 0 amide bonds. The SMILES string of the molecule is CCC(=O)CCCCOc1ccc2c(c1)CCN=C2C(=O)c1ccccc1. The normalized spacial score (nSPS) is 12.9. The molecule has 0 spiro atoms. The molecule has 0 saturated heterocycles. The van der Waals surface area contributed by atoms with Gasteiger partial charge in [0.15, 0.2) is 0 Å². The number of carbonyl (C=O) groups is 2. The lowest BCUT2D eigenvalue weighted by molar-refractivity contribution is -0.118. The molecule has 2 aromatic carbocycles. The molecule has 2 aromatic rings. The second-order valence-electron chi connectivity index (χ2n) is 6.69. The third kappa shape index (κ3) is 4.91. The third-order valence-corrected chi connectivity index (χ3v) is 4.75. The highest BCUT2D eigenvalue weighted by Gasteiger charge is 2.22. The van der Waals surface area contributed by atoms with Gasteiger partial charge >= 0.3 is 0 Å². The maximum atomic E-state index is 12.8. The van der Waals surface area contributed by atoms with E-state index >= 15 is 0 Å². The first kappa shape index (κ1) is 19.0. The van der Waals surface area contributed by atoms with E-state index in [0.717, 1.165) is 36.1 Å². The Labute approximate surface area is 160 Å². The van der Waals surface area contributed by atoms with Gasteiger partial charge in [0, 0.05) is 30.5 Å². The molecule has 0 atom stereocenters. The number of ketones is 2. The van der Waals surface area contributed by atoms with Gasteiger partial charge in [-0.25, -0.2) is 0 Å². The van der Waals surface area contributed by atoms with E-state index < -0.39 is 0 Å². The Hall–Kier alpha value is -2.75. The zero-order chi connectivity index (χ0) is 19.1. The van der Waals surface area contributed by atoms with Crippen LogP contribution >= 0.6 is 0 Å². The number of unbranched alkanes of at least 4 members (excludes halogenated alkanes) is 1. The Balaban J connectivity index is 1.63. The maximum Gasteiger partial charge on any atom is 0.211 e. The molecule has 0 fully saturated rings. The van der Waals surface area contributed by atoms with Crippen molar-refractivity contribution in [1.29, 1.82) is 0 Å². The highest BCUT2D eigenvalue weighted by Crippen LogP contribution is 2.24. The van der Waals surface area contributed by atoms with E-state index in [1.165, 1.54) is 0 Å². The monoisotopic (exact) mass is 363 g/mol. The van der Waals surface area contributed by atoms with Gasteiger partial charge in [0.25, 0.3) is 0 Å². The fourth-order valence-electron chi connectivity index (χ4n) is 3.18. The van der Waals surface area contributed by atoms with Crippen molar-refractivity contribution in [3.8, 4) is 5.75 Å². The van der Waals surface area contributed by atoms with Crippen molar-refractivity contribution in [1.82, 2.24) is 0 Å². The minimum absolute atomic E-state index is 0.0363. The van der Waals surface area contributed by atoms with Gasteiger partial charge < -0.3 is 4.74 Å². The Kier molecular flexibility index (Phi) is 6.53. The highest BCUT2D eigenvalue weighted by atomic mass is 16.5. The maximum absolute atomic E-state index is 12.8. The topological polar surface area (TPSA) is 55.7 Å². The Bertz CT molecular complexity index is 840. The molecule has 4 heteroatoms. The molecule has 27 heavy (non-hydrogen) atoms. The van der Waals surface area contributed by atoms with Gasteiger partial charge in [-0.1, -0.05) is 37.3 Å². The molecule has 1 aliphatic heterocycles. The lowest BCUT2D eigenvalue weighted by Gasteiger charge is -2.17. The van der Waals surface area contributed by atoms with Gasteiger partial charge in [-0.05, 0) is 43.0 Å². The second kappa shape index (κ2) is 9.26. The number of benzene rings is 2. The fraction of sp³-hybridized carbons (Fsp3) is 0.348. The predicted octanol–water partition coefficient (Wildman–Crippen LogP) is 4.44. The van der Waals surface area contributed by atoms with Crippen LogP contribution in [-0.4, -0.2) is 30.4 Å². The zero-order valence-electron chi connectivity index (χ0n) is 15.7. The number of Topliss-reactive ketones (excluding diaryl/α,β-unsaturated/α-hetero) is 2.